The second kappa shape index (κ2) is 9.38. The molecule has 9 heteroatoms. The highest BCUT2D eigenvalue weighted by Gasteiger charge is 2.24. The molecule has 0 aromatic heterocycles. The smallest absolute Gasteiger partial charge is 0.269 e. The third-order valence-corrected chi connectivity index (χ3v) is 4.92. The summed E-state index contributed by atoms with van der Waals surface area (Å²) in [6, 6.07) is 12.7. The van der Waals surface area contributed by atoms with Crippen LogP contribution in [0.4, 0.5) is 5.69 Å². The molecule has 2 aromatic carbocycles. The Bertz CT molecular complexity index is 878. The Balaban J connectivity index is 1.43. The van der Waals surface area contributed by atoms with Gasteiger partial charge in [-0.2, -0.15) is 0 Å². The summed E-state index contributed by atoms with van der Waals surface area (Å²) in [5.41, 5.74) is 0.859. The van der Waals surface area contributed by atoms with Gasteiger partial charge in [-0.25, -0.2) is 0 Å². The highest BCUT2D eigenvalue weighted by molar-refractivity contribution is 6.30. The molecule has 0 N–H and O–H groups in total. The molecule has 3 rings (SSSR count). The van der Waals surface area contributed by atoms with Crippen molar-refractivity contribution in [3.8, 4) is 5.75 Å². The number of halogens is 1. The number of nitro benzene ring substituents is 1. The number of nitrogens with zero attached hydrogens (tertiary/aromatic N) is 3. The molecule has 1 fully saturated rings. The zero-order chi connectivity index (χ0) is 20.8. The minimum Gasteiger partial charge on any atom is -0.484 e. The zero-order valence-electron chi connectivity index (χ0n) is 15.6. The predicted molar refractivity (Wildman–Crippen MR) is 107 cm³/mol. The largest absolute Gasteiger partial charge is 0.484 e. The fraction of sp³-hybridized carbons (Fsp3) is 0.300. The van der Waals surface area contributed by atoms with Gasteiger partial charge in [0.25, 0.3) is 11.6 Å². The molecule has 0 spiro atoms. The molecule has 1 saturated heterocycles. The number of carbonyl (C=O) groups excluding carboxylic acids is 2. The van der Waals surface area contributed by atoms with Gasteiger partial charge in [-0.15, -0.1) is 0 Å². The summed E-state index contributed by atoms with van der Waals surface area (Å²) in [5, 5.41) is 11.3. The fourth-order valence-electron chi connectivity index (χ4n) is 2.99. The van der Waals surface area contributed by atoms with Gasteiger partial charge in [0.05, 0.1) is 11.3 Å². The molecule has 2 aromatic rings. The maximum atomic E-state index is 12.4. The first kappa shape index (κ1) is 20.6. The van der Waals surface area contributed by atoms with Gasteiger partial charge in [0.2, 0.25) is 5.91 Å². The highest BCUT2D eigenvalue weighted by Crippen LogP contribution is 2.17. The van der Waals surface area contributed by atoms with Crippen molar-refractivity contribution >= 4 is 29.1 Å². The van der Waals surface area contributed by atoms with Crippen molar-refractivity contribution in [1.82, 2.24) is 9.80 Å². The maximum absolute atomic E-state index is 12.4. The van der Waals surface area contributed by atoms with Crippen LogP contribution < -0.4 is 4.74 Å². The Labute approximate surface area is 172 Å². The average Bonchev–Trinajstić information content (AvgIpc) is 2.74. The van der Waals surface area contributed by atoms with Gasteiger partial charge in [-0.1, -0.05) is 23.7 Å². The van der Waals surface area contributed by atoms with Crippen LogP contribution in [0.15, 0.2) is 48.5 Å². The number of hydrogen-bond acceptors (Lipinski definition) is 5. The Hall–Kier alpha value is -3.13. The van der Waals surface area contributed by atoms with E-state index in [1.807, 2.05) is 12.1 Å². The van der Waals surface area contributed by atoms with E-state index in [2.05, 4.69) is 0 Å². The molecule has 0 aliphatic carbocycles. The van der Waals surface area contributed by atoms with Crippen molar-refractivity contribution in [3.63, 3.8) is 0 Å². The lowest BCUT2D eigenvalue weighted by Crippen LogP contribution is -2.52. The fourth-order valence-corrected chi connectivity index (χ4v) is 3.12. The van der Waals surface area contributed by atoms with Crippen molar-refractivity contribution < 1.29 is 19.2 Å². The normalized spacial score (nSPS) is 13.8. The number of benzene rings is 2. The lowest BCUT2D eigenvalue weighted by Gasteiger charge is -2.34. The molecular weight excluding hydrogens is 398 g/mol. The summed E-state index contributed by atoms with van der Waals surface area (Å²) in [6.07, 6.45) is 0.300. The topological polar surface area (TPSA) is 93.0 Å². The van der Waals surface area contributed by atoms with Gasteiger partial charge in [-0.05, 0) is 29.8 Å². The molecule has 0 unspecified atom stereocenters. The van der Waals surface area contributed by atoms with Crippen molar-refractivity contribution in [2.24, 2.45) is 0 Å². The second-order valence-corrected chi connectivity index (χ2v) is 7.04. The number of ether oxygens (including phenoxy) is 1. The number of rotatable bonds is 6. The molecule has 152 valence electrons. The molecule has 0 bridgehead atoms. The lowest BCUT2D eigenvalue weighted by molar-refractivity contribution is -0.384. The monoisotopic (exact) mass is 417 g/mol. The van der Waals surface area contributed by atoms with Crippen molar-refractivity contribution in [2.75, 3.05) is 32.8 Å². The van der Waals surface area contributed by atoms with Gasteiger partial charge in [-0.3, -0.25) is 19.7 Å². The molecule has 29 heavy (non-hydrogen) atoms. The number of carbonyl (C=O) groups is 2. The van der Waals surface area contributed by atoms with Crippen LogP contribution in [0.2, 0.25) is 5.02 Å². The van der Waals surface area contributed by atoms with Crippen molar-refractivity contribution in [1.29, 1.82) is 0 Å². The van der Waals surface area contributed by atoms with E-state index >= 15 is 0 Å². The predicted octanol–water partition coefficient (Wildman–Crippen LogP) is 2.54. The van der Waals surface area contributed by atoms with Crippen LogP contribution in [0.25, 0.3) is 0 Å². The Kier molecular flexibility index (Phi) is 6.66. The third-order valence-electron chi connectivity index (χ3n) is 4.66. The van der Waals surface area contributed by atoms with E-state index in [1.165, 1.54) is 24.3 Å². The lowest BCUT2D eigenvalue weighted by atomic mass is 10.1. The Morgan fingerprint density at radius 3 is 2.03 bits per heavy atom. The van der Waals surface area contributed by atoms with Gasteiger partial charge >= 0.3 is 0 Å². The molecule has 1 aliphatic rings. The minimum atomic E-state index is -0.497. The van der Waals surface area contributed by atoms with Gasteiger partial charge in [0, 0.05) is 43.3 Å². The van der Waals surface area contributed by atoms with E-state index in [-0.39, 0.29) is 24.1 Å². The molecule has 0 saturated carbocycles. The summed E-state index contributed by atoms with van der Waals surface area (Å²) in [5.74, 6) is 0.218. The molecule has 1 heterocycles. The summed E-state index contributed by atoms with van der Waals surface area (Å²) in [6.45, 7) is 1.66. The first-order valence-electron chi connectivity index (χ1n) is 9.09. The molecular formula is C20H20ClN3O5. The molecule has 1 aliphatic heterocycles. The van der Waals surface area contributed by atoms with Crippen LogP contribution in [-0.2, 0) is 16.0 Å². The molecule has 8 nitrogen and oxygen atoms in total. The standard InChI is InChI=1S/C20H20ClN3O5/c21-16-3-1-15(2-4-16)13-19(25)22-9-11-23(12-10-22)20(26)14-29-18-7-5-17(6-8-18)24(27)28/h1-8H,9-14H2. The van der Waals surface area contributed by atoms with Crippen LogP contribution >= 0.6 is 11.6 Å². The highest BCUT2D eigenvalue weighted by atomic mass is 35.5. The maximum Gasteiger partial charge on any atom is 0.269 e. The number of non-ortho nitro benzene ring substituents is 1. The van der Waals surface area contributed by atoms with Crippen LogP contribution in [0, 0.1) is 10.1 Å². The van der Waals surface area contributed by atoms with E-state index in [9.17, 15) is 19.7 Å². The van der Waals surface area contributed by atoms with Crippen molar-refractivity contribution in [2.45, 2.75) is 6.42 Å². The van der Waals surface area contributed by atoms with Crippen LogP contribution in [-0.4, -0.2) is 59.3 Å². The van der Waals surface area contributed by atoms with E-state index < -0.39 is 4.92 Å². The Morgan fingerprint density at radius 2 is 1.48 bits per heavy atom. The van der Waals surface area contributed by atoms with Crippen LogP contribution in [0.1, 0.15) is 5.56 Å². The van der Waals surface area contributed by atoms with E-state index in [0.717, 1.165) is 5.56 Å². The molecule has 0 atom stereocenters. The molecule has 0 radical (unpaired) electrons. The zero-order valence-corrected chi connectivity index (χ0v) is 16.4. The number of piperazine rings is 1. The summed E-state index contributed by atoms with van der Waals surface area (Å²) < 4.78 is 5.41. The van der Waals surface area contributed by atoms with Gasteiger partial charge in [0.1, 0.15) is 5.75 Å². The second-order valence-electron chi connectivity index (χ2n) is 6.60. The van der Waals surface area contributed by atoms with Crippen molar-refractivity contribution in [3.05, 3.63) is 69.2 Å². The van der Waals surface area contributed by atoms with Gasteiger partial charge in [0.15, 0.2) is 6.61 Å². The van der Waals surface area contributed by atoms with E-state index in [4.69, 9.17) is 16.3 Å². The number of nitro groups is 1. The molecule has 2 amide bonds. The summed E-state index contributed by atoms with van der Waals surface area (Å²) in [7, 11) is 0. The third kappa shape index (κ3) is 5.68. The minimum absolute atomic E-state index is 0.0153. The number of amides is 2. The van der Waals surface area contributed by atoms with E-state index in [1.54, 1.807) is 21.9 Å². The van der Waals surface area contributed by atoms with Crippen LogP contribution in [0.5, 0.6) is 5.75 Å². The van der Waals surface area contributed by atoms with E-state index in [0.29, 0.717) is 43.4 Å². The van der Waals surface area contributed by atoms with Crippen LogP contribution in [0.3, 0.4) is 0 Å². The summed E-state index contributed by atoms with van der Waals surface area (Å²) in [4.78, 5) is 38.3. The average molecular weight is 418 g/mol. The first-order valence-corrected chi connectivity index (χ1v) is 9.47. The SMILES string of the molecule is O=C(COc1ccc([N+](=O)[O-])cc1)N1CCN(C(=O)Cc2ccc(Cl)cc2)CC1. The first-order chi connectivity index (χ1) is 13.9. The summed E-state index contributed by atoms with van der Waals surface area (Å²) >= 11 is 5.86. The quantitative estimate of drug-likeness (QED) is 0.532. The number of hydrogen-bond donors (Lipinski definition) is 0. The Morgan fingerprint density at radius 1 is 0.931 bits per heavy atom. The van der Waals surface area contributed by atoms with Gasteiger partial charge < -0.3 is 14.5 Å².